The zero-order valence-corrected chi connectivity index (χ0v) is 11.5. The van der Waals surface area contributed by atoms with E-state index in [0.717, 1.165) is 12.8 Å². The predicted octanol–water partition coefficient (Wildman–Crippen LogP) is 3.79. The molecule has 1 aromatic carbocycles. The van der Waals surface area contributed by atoms with Gasteiger partial charge in [0.05, 0.1) is 4.91 Å². The summed E-state index contributed by atoms with van der Waals surface area (Å²) in [6, 6.07) is 7.08. The van der Waals surface area contributed by atoms with E-state index in [1.165, 1.54) is 11.8 Å². The average molecular weight is 270 g/mol. The van der Waals surface area contributed by atoms with Crippen LogP contribution < -0.4 is 0 Å². The van der Waals surface area contributed by atoms with Crippen molar-refractivity contribution in [1.82, 2.24) is 0 Å². The number of thioether (sulfide) groups is 1. The van der Waals surface area contributed by atoms with Crippen LogP contribution in [0.4, 0.5) is 0 Å². The summed E-state index contributed by atoms with van der Waals surface area (Å²) < 4.78 is 0. The van der Waals surface area contributed by atoms with Gasteiger partial charge in [0.2, 0.25) is 5.78 Å². The van der Waals surface area contributed by atoms with Crippen LogP contribution in [0.1, 0.15) is 40.5 Å². The molecule has 0 N–H and O–H groups in total. The Kier molecular flexibility index (Phi) is 3.15. The van der Waals surface area contributed by atoms with Crippen LogP contribution in [0.15, 0.2) is 46.9 Å². The third kappa shape index (κ3) is 1.98. The number of allylic oxidation sites excluding steroid dienone is 3. The van der Waals surface area contributed by atoms with Gasteiger partial charge in [0.1, 0.15) is 0 Å². The SMILES string of the molecule is CCCC1C=CC2=C(S1)C(=O)c1ccccc1C2=O. The molecule has 0 spiro atoms. The van der Waals surface area contributed by atoms with E-state index in [2.05, 4.69) is 6.92 Å². The van der Waals surface area contributed by atoms with Crippen LogP contribution in [0.5, 0.6) is 0 Å². The Morgan fingerprint density at radius 1 is 1.11 bits per heavy atom. The molecule has 1 atom stereocenters. The fourth-order valence-corrected chi connectivity index (χ4v) is 3.79. The van der Waals surface area contributed by atoms with Crippen molar-refractivity contribution >= 4 is 23.3 Å². The normalized spacial score (nSPS) is 21.4. The van der Waals surface area contributed by atoms with E-state index < -0.39 is 0 Å². The van der Waals surface area contributed by atoms with E-state index in [4.69, 9.17) is 0 Å². The Bertz CT molecular complexity index is 625. The van der Waals surface area contributed by atoms with Crippen molar-refractivity contribution in [2.24, 2.45) is 0 Å². The average Bonchev–Trinajstić information content (AvgIpc) is 2.45. The van der Waals surface area contributed by atoms with E-state index in [-0.39, 0.29) is 11.6 Å². The molecule has 1 unspecified atom stereocenters. The molecule has 0 aromatic heterocycles. The second kappa shape index (κ2) is 4.82. The summed E-state index contributed by atoms with van der Waals surface area (Å²) in [5.74, 6) is -0.0236. The highest BCUT2D eigenvalue weighted by molar-refractivity contribution is 8.04. The van der Waals surface area contributed by atoms with Gasteiger partial charge in [-0.05, 0) is 6.42 Å². The number of fused-ring (bicyclic) bond motifs is 1. The van der Waals surface area contributed by atoms with Gasteiger partial charge in [-0.1, -0.05) is 49.8 Å². The summed E-state index contributed by atoms with van der Waals surface area (Å²) in [6.07, 6.45) is 5.98. The Balaban J connectivity index is 2.04. The first-order valence-corrected chi connectivity index (χ1v) is 7.38. The third-order valence-electron chi connectivity index (χ3n) is 3.43. The number of carbonyl (C=O) groups is 2. The van der Waals surface area contributed by atoms with Crippen LogP contribution in [-0.4, -0.2) is 16.8 Å². The molecule has 0 bridgehead atoms. The van der Waals surface area contributed by atoms with Gasteiger partial charge in [-0.25, -0.2) is 0 Å². The zero-order valence-electron chi connectivity index (χ0n) is 10.7. The lowest BCUT2D eigenvalue weighted by Gasteiger charge is -2.24. The molecule has 0 saturated heterocycles. The molecule has 1 aliphatic carbocycles. The summed E-state index contributed by atoms with van der Waals surface area (Å²) in [7, 11) is 0. The summed E-state index contributed by atoms with van der Waals surface area (Å²) in [6.45, 7) is 2.13. The standard InChI is InChI=1S/C16H14O2S/c1-2-5-10-8-9-13-14(17)11-6-3-4-7-12(11)15(18)16(13)19-10/h3-4,6-10H,2,5H2,1H3. The Labute approximate surface area is 116 Å². The van der Waals surface area contributed by atoms with E-state index in [0.29, 0.717) is 26.9 Å². The maximum absolute atomic E-state index is 12.5. The maximum atomic E-state index is 12.5. The van der Waals surface area contributed by atoms with Gasteiger partial charge in [-0.15, -0.1) is 11.8 Å². The van der Waals surface area contributed by atoms with Crippen LogP contribution in [0, 0.1) is 0 Å². The molecule has 0 saturated carbocycles. The molecule has 1 aromatic rings. The fraction of sp³-hybridized carbons (Fsp3) is 0.250. The number of carbonyl (C=O) groups excluding carboxylic acids is 2. The first-order valence-electron chi connectivity index (χ1n) is 6.50. The van der Waals surface area contributed by atoms with Crippen LogP contribution in [0.25, 0.3) is 0 Å². The summed E-state index contributed by atoms with van der Waals surface area (Å²) in [5.41, 5.74) is 1.65. The minimum absolute atomic E-state index is 0.000605. The van der Waals surface area contributed by atoms with Crippen LogP contribution in [0.3, 0.4) is 0 Å². The molecule has 0 radical (unpaired) electrons. The highest BCUT2D eigenvalue weighted by Gasteiger charge is 2.33. The lowest BCUT2D eigenvalue weighted by molar-refractivity contribution is 0.0984. The van der Waals surface area contributed by atoms with Gasteiger partial charge >= 0.3 is 0 Å². The second-order valence-electron chi connectivity index (χ2n) is 4.75. The highest BCUT2D eigenvalue weighted by Crippen LogP contribution is 2.40. The Hall–Kier alpha value is -1.61. The lowest BCUT2D eigenvalue weighted by Crippen LogP contribution is -2.23. The van der Waals surface area contributed by atoms with Gasteiger partial charge in [-0.3, -0.25) is 9.59 Å². The minimum Gasteiger partial charge on any atom is -0.289 e. The number of benzene rings is 1. The van der Waals surface area contributed by atoms with E-state index >= 15 is 0 Å². The van der Waals surface area contributed by atoms with Crippen molar-refractivity contribution in [2.75, 3.05) is 0 Å². The Morgan fingerprint density at radius 3 is 2.47 bits per heavy atom. The molecular weight excluding hydrogens is 256 g/mol. The van der Waals surface area contributed by atoms with E-state index in [1.807, 2.05) is 18.2 Å². The number of hydrogen-bond acceptors (Lipinski definition) is 3. The van der Waals surface area contributed by atoms with Crippen molar-refractivity contribution in [2.45, 2.75) is 25.0 Å². The Morgan fingerprint density at radius 2 is 1.79 bits per heavy atom. The van der Waals surface area contributed by atoms with Gasteiger partial charge in [-0.2, -0.15) is 0 Å². The fourth-order valence-electron chi connectivity index (χ4n) is 2.47. The molecule has 0 fully saturated rings. The van der Waals surface area contributed by atoms with Crippen molar-refractivity contribution < 1.29 is 9.59 Å². The number of ketones is 2. The van der Waals surface area contributed by atoms with Crippen molar-refractivity contribution in [3.8, 4) is 0 Å². The zero-order chi connectivity index (χ0) is 13.4. The van der Waals surface area contributed by atoms with E-state index in [1.54, 1.807) is 18.2 Å². The molecule has 19 heavy (non-hydrogen) atoms. The molecule has 2 nitrogen and oxygen atoms in total. The molecular formula is C16H14O2S. The third-order valence-corrected chi connectivity index (χ3v) is 4.77. The quantitative estimate of drug-likeness (QED) is 0.820. The van der Waals surface area contributed by atoms with Gasteiger partial charge in [0.25, 0.3) is 0 Å². The summed E-state index contributed by atoms with van der Waals surface area (Å²) >= 11 is 1.54. The summed E-state index contributed by atoms with van der Waals surface area (Å²) in [5, 5.41) is 0.311. The molecule has 1 heterocycles. The molecule has 3 heteroatoms. The maximum Gasteiger partial charge on any atom is 0.200 e. The highest BCUT2D eigenvalue weighted by atomic mass is 32.2. The molecule has 3 rings (SSSR count). The summed E-state index contributed by atoms with van der Waals surface area (Å²) in [4.78, 5) is 25.5. The topological polar surface area (TPSA) is 34.1 Å². The number of Topliss-reactive ketones (excluding diaryl/α,β-unsaturated/α-hetero) is 2. The molecule has 96 valence electrons. The lowest BCUT2D eigenvalue weighted by atomic mass is 9.89. The predicted molar refractivity (Wildman–Crippen MR) is 77.6 cm³/mol. The molecule has 1 aliphatic heterocycles. The minimum atomic E-state index is -0.0242. The van der Waals surface area contributed by atoms with Crippen molar-refractivity contribution in [3.05, 3.63) is 58.0 Å². The van der Waals surface area contributed by atoms with E-state index in [9.17, 15) is 9.59 Å². The monoisotopic (exact) mass is 270 g/mol. The molecule has 2 aliphatic rings. The molecule has 0 amide bonds. The van der Waals surface area contributed by atoms with Crippen molar-refractivity contribution in [1.29, 1.82) is 0 Å². The van der Waals surface area contributed by atoms with Crippen LogP contribution >= 0.6 is 11.8 Å². The second-order valence-corrected chi connectivity index (χ2v) is 6.00. The van der Waals surface area contributed by atoms with Crippen molar-refractivity contribution in [3.63, 3.8) is 0 Å². The van der Waals surface area contributed by atoms with Gasteiger partial charge in [0, 0.05) is 21.9 Å². The smallest absolute Gasteiger partial charge is 0.200 e. The van der Waals surface area contributed by atoms with Crippen LogP contribution in [0.2, 0.25) is 0 Å². The first-order chi connectivity index (χ1) is 9.22. The van der Waals surface area contributed by atoms with Gasteiger partial charge in [0.15, 0.2) is 5.78 Å². The number of rotatable bonds is 2. The van der Waals surface area contributed by atoms with Gasteiger partial charge < -0.3 is 0 Å². The first kappa shape index (κ1) is 12.4. The number of hydrogen-bond donors (Lipinski definition) is 0. The van der Waals surface area contributed by atoms with Crippen LogP contribution in [-0.2, 0) is 0 Å². The largest absolute Gasteiger partial charge is 0.289 e.